The van der Waals surface area contributed by atoms with E-state index in [-0.39, 0.29) is 42.2 Å². The Balaban J connectivity index is 1.29. The summed E-state index contributed by atoms with van der Waals surface area (Å²) in [6, 6.07) is 15.9. The topological polar surface area (TPSA) is 129 Å². The molecule has 3 amide bonds. The number of para-hydroxylation sites is 1. The fourth-order valence-electron chi connectivity index (χ4n) is 7.09. The minimum atomic E-state index is -0.799. The van der Waals surface area contributed by atoms with Crippen LogP contribution in [-0.4, -0.2) is 71.4 Å². The van der Waals surface area contributed by atoms with Crippen LogP contribution in [0, 0.1) is 17.8 Å². The van der Waals surface area contributed by atoms with Gasteiger partial charge >= 0.3 is 0 Å². The summed E-state index contributed by atoms with van der Waals surface area (Å²) in [4.78, 5) is 43.6. The molecule has 11 heteroatoms. The maximum absolute atomic E-state index is 14.3. The standard InChI is InChI=1S/C30H36N6O4S/c1-18(2)14-20(16-37)36-26(28(39)32-17-35-22-11-7-6-10-21(22)33-34-35)30-13-12-23(41-30)24(25(30)29(36)40)27(38)31-15-19-8-4-3-5-9-19/h3-11,18,20,23-26,37H,12-17H2,1-2H3,(H,31,38)(H,32,39)/t20-,23+,24-,25+,26?,30?/m1/s1. The summed E-state index contributed by atoms with van der Waals surface area (Å²) in [7, 11) is 0. The number of hydrogen-bond donors (Lipinski definition) is 3. The van der Waals surface area contributed by atoms with E-state index in [4.69, 9.17) is 0 Å². The second-order valence-electron chi connectivity index (χ2n) is 11.7. The lowest BCUT2D eigenvalue weighted by molar-refractivity contribution is -0.143. The van der Waals surface area contributed by atoms with Crippen LogP contribution in [0.1, 0.15) is 38.7 Å². The van der Waals surface area contributed by atoms with Crippen molar-refractivity contribution in [3.63, 3.8) is 0 Å². The summed E-state index contributed by atoms with van der Waals surface area (Å²) in [6.45, 7) is 4.30. The molecule has 4 heterocycles. The summed E-state index contributed by atoms with van der Waals surface area (Å²) in [6.07, 6.45) is 1.99. The number of rotatable bonds is 10. The highest BCUT2D eigenvalue weighted by molar-refractivity contribution is 8.02. The Labute approximate surface area is 243 Å². The lowest BCUT2D eigenvalue weighted by atomic mass is 9.70. The molecule has 3 aliphatic heterocycles. The zero-order chi connectivity index (χ0) is 28.7. The van der Waals surface area contributed by atoms with Crippen molar-refractivity contribution in [3.8, 4) is 0 Å². The summed E-state index contributed by atoms with van der Waals surface area (Å²) in [5.74, 6) is -1.58. The molecule has 10 nitrogen and oxygen atoms in total. The van der Waals surface area contributed by atoms with Gasteiger partial charge in [-0.2, -0.15) is 0 Å². The molecule has 6 rings (SSSR count). The predicted molar refractivity (Wildman–Crippen MR) is 155 cm³/mol. The lowest BCUT2D eigenvalue weighted by Crippen LogP contribution is -2.57. The van der Waals surface area contributed by atoms with Crippen LogP contribution in [0.15, 0.2) is 54.6 Å². The molecule has 2 aromatic carbocycles. The van der Waals surface area contributed by atoms with E-state index in [2.05, 4.69) is 20.9 Å². The van der Waals surface area contributed by atoms with E-state index in [1.807, 2.05) is 68.4 Å². The molecule has 3 aromatic rings. The maximum atomic E-state index is 14.3. The molecule has 3 saturated heterocycles. The molecular weight excluding hydrogens is 540 g/mol. The first kappa shape index (κ1) is 27.7. The van der Waals surface area contributed by atoms with Crippen LogP contribution in [-0.2, 0) is 27.6 Å². The summed E-state index contributed by atoms with van der Waals surface area (Å²) in [5.41, 5.74) is 2.51. The van der Waals surface area contributed by atoms with Gasteiger partial charge in [0.2, 0.25) is 17.7 Å². The van der Waals surface area contributed by atoms with Crippen molar-refractivity contribution in [3.05, 3.63) is 60.2 Å². The van der Waals surface area contributed by atoms with Gasteiger partial charge in [0, 0.05) is 11.8 Å². The minimum Gasteiger partial charge on any atom is -0.394 e. The number of thioether (sulfide) groups is 1. The first-order valence-corrected chi connectivity index (χ1v) is 15.2. The van der Waals surface area contributed by atoms with Crippen molar-refractivity contribution >= 4 is 40.5 Å². The highest BCUT2D eigenvalue weighted by Crippen LogP contribution is 2.66. The molecule has 2 unspecified atom stereocenters. The normalized spacial score (nSPS) is 27.4. The molecule has 2 bridgehead atoms. The first-order chi connectivity index (χ1) is 19.8. The maximum Gasteiger partial charge on any atom is 0.245 e. The molecule has 0 radical (unpaired) electrons. The number of aromatic nitrogens is 3. The molecule has 41 heavy (non-hydrogen) atoms. The number of benzene rings is 2. The third kappa shape index (κ3) is 4.78. The van der Waals surface area contributed by atoms with Crippen LogP contribution in [0.25, 0.3) is 11.0 Å². The average Bonchev–Trinajstić information content (AvgIpc) is 3.73. The molecule has 3 fully saturated rings. The Morgan fingerprint density at radius 3 is 2.61 bits per heavy atom. The van der Waals surface area contributed by atoms with Gasteiger partial charge in [0.1, 0.15) is 18.2 Å². The largest absolute Gasteiger partial charge is 0.394 e. The van der Waals surface area contributed by atoms with Crippen LogP contribution < -0.4 is 10.6 Å². The second-order valence-corrected chi connectivity index (χ2v) is 13.3. The van der Waals surface area contributed by atoms with E-state index in [1.54, 1.807) is 21.3 Å². The number of aliphatic hydroxyl groups excluding tert-OH is 1. The average molecular weight is 577 g/mol. The number of amides is 3. The predicted octanol–water partition coefficient (Wildman–Crippen LogP) is 2.32. The van der Waals surface area contributed by atoms with Gasteiger partial charge in [-0.15, -0.1) is 16.9 Å². The molecule has 1 aromatic heterocycles. The number of nitrogens with zero attached hydrogens (tertiary/aromatic N) is 4. The number of hydrogen-bond acceptors (Lipinski definition) is 7. The Kier molecular flexibility index (Phi) is 7.50. The van der Waals surface area contributed by atoms with Crippen LogP contribution in [0.2, 0.25) is 0 Å². The number of likely N-dealkylation sites (tertiary alicyclic amines) is 1. The fourth-order valence-corrected chi connectivity index (χ4v) is 9.30. The smallest absolute Gasteiger partial charge is 0.245 e. The van der Waals surface area contributed by atoms with Gasteiger partial charge < -0.3 is 20.6 Å². The highest BCUT2D eigenvalue weighted by atomic mass is 32.2. The molecule has 1 spiro atoms. The Morgan fingerprint density at radius 1 is 1.10 bits per heavy atom. The number of carbonyl (C=O) groups is 3. The van der Waals surface area contributed by atoms with E-state index in [9.17, 15) is 19.5 Å². The van der Waals surface area contributed by atoms with E-state index >= 15 is 0 Å². The zero-order valence-electron chi connectivity index (χ0n) is 23.3. The molecule has 6 atom stereocenters. The zero-order valence-corrected chi connectivity index (χ0v) is 24.1. The van der Waals surface area contributed by atoms with E-state index in [1.165, 1.54) is 0 Å². The van der Waals surface area contributed by atoms with Gasteiger partial charge in [0.15, 0.2) is 0 Å². The minimum absolute atomic E-state index is 0.0332. The van der Waals surface area contributed by atoms with E-state index < -0.39 is 28.7 Å². The third-order valence-electron chi connectivity index (χ3n) is 8.77. The monoisotopic (exact) mass is 576 g/mol. The summed E-state index contributed by atoms with van der Waals surface area (Å²) < 4.78 is 0.898. The lowest BCUT2D eigenvalue weighted by Gasteiger charge is -2.37. The van der Waals surface area contributed by atoms with Crippen molar-refractivity contribution in [1.82, 2.24) is 30.5 Å². The molecular formula is C30H36N6O4S. The van der Waals surface area contributed by atoms with Gasteiger partial charge in [-0.1, -0.05) is 61.5 Å². The highest BCUT2D eigenvalue weighted by Gasteiger charge is 2.74. The molecule has 0 aliphatic carbocycles. The number of aliphatic hydroxyl groups is 1. The van der Waals surface area contributed by atoms with Crippen LogP contribution in [0.5, 0.6) is 0 Å². The van der Waals surface area contributed by atoms with Crippen molar-refractivity contribution in [2.75, 3.05) is 6.61 Å². The third-order valence-corrected chi connectivity index (χ3v) is 10.7. The quantitative estimate of drug-likeness (QED) is 0.338. The molecule has 3 aliphatic rings. The van der Waals surface area contributed by atoms with Crippen LogP contribution >= 0.6 is 11.8 Å². The Hall–Kier alpha value is -3.44. The number of carbonyl (C=O) groups excluding carboxylic acids is 3. The second kappa shape index (κ2) is 11.1. The summed E-state index contributed by atoms with van der Waals surface area (Å²) in [5, 5.41) is 24.8. The van der Waals surface area contributed by atoms with E-state index in [0.717, 1.165) is 23.0 Å². The Morgan fingerprint density at radius 2 is 1.85 bits per heavy atom. The Bertz CT molecular complexity index is 1450. The van der Waals surface area contributed by atoms with E-state index in [0.29, 0.717) is 19.4 Å². The van der Waals surface area contributed by atoms with Crippen molar-refractivity contribution in [1.29, 1.82) is 0 Å². The van der Waals surface area contributed by atoms with Crippen molar-refractivity contribution in [2.24, 2.45) is 17.8 Å². The SMILES string of the molecule is CC(C)C[C@H](CO)N1C(=O)[C@@H]2[C@H](C(=O)NCc3ccccc3)[C@@H]3CCC2(S3)C1C(=O)NCn1nnc2ccccc21. The first-order valence-electron chi connectivity index (χ1n) is 14.3. The van der Waals surface area contributed by atoms with Gasteiger partial charge in [-0.25, -0.2) is 4.68 Å². The van der Waals surface area contributed by atoms with Gasteiger partial charge in [0.25, 0.3) is 0 Å². The number of fused-ring (bicyclic) bond motifs is 2. The van der Waals surface area contributed by atoms with Gasteiger partial charge in [-0.3, -0.25) is 14.4 Å². The molecule has 3 N–H and O–H groups in total. The molecule has 216 valence electrons. The van der Waals surface area contributed by atoms with Crippen LogP contribution in [0.3, 0.4) is 0 Å². The van der Waals surface area contributed by atoms with Crippen molar-refractivity contribution in [2.45, 2.75) is 68.4 Å². The van der Waals surface area contributed by atoms with Gasteiger partial charge in [0.05, 0.1) is 34.7 Å². The van der Waals surface area contributed by atoms with Gasteiger partial charge in [-0.05, 0) is 42.9 Å². The number of nitrogens with one attached hydrogen (secondary N) is 2. The molecule has 0 saturated carbocycles. The van der Waals surface area contributed by atoms with Crippen LogP contribution in [0.4, 0.5) is 0 Å². The summed E-state index contributed by atoms with van der Waals surface area (Å²) >= 11 is 1.62. The fraction of sp³-hybridized carbons (Fsp3) is 0.500. The van der Waals surface area contributed by atoms with Crippen molar-refractivity contribution < 1.29 is 19.5 Å².